The van der Waals surface area contributed by atoms with Crippen LogP contribution in [0.2, 0.25) is 0 Å². The lowest BCUT2D eigenvalue weighted by atomic mass is 10.2. The van der Waals surface area contributed by atoms with Gasteiger partial charge >= 0.3 is 5.97 Å². The first kappa shape index (κ1) is 12.0. The molecule has 0 fully saturated rings. The highest BCUT2D eigenvalue weighted by Crippen LogP contribution is 2.26. The minimum absolute atomic E-state index is 0.185. The van der Waals surface area contributed by atoms with Crippen molar-refractivity contribution in [2.24, 2.45) is 0 Å². The van der Waals surface area contributed by atoms with Gasteiger partial charge in [0.1, 0.15) is 5.76 Å². The Hall–Kier alpha value is -2.08. The van der Waals surface area contributed by atoms with Gasteiger partial charge in [0.25, 0.3) is 0 Å². The third-order valence-electron chi connectivity index (χ3n) is 2.75. The molecule has 3 aromatic rings. The summed E-state index contributed by atoms with van der Waals surface area (Å²) in [6.07, 6.45) is 3.55. The maximum atomic E-state index is 11.3. The lowest BCUT2D eigenvalue weighted by molar-refractivity contribution is 0.0566. The van der Waals surface area contributed by atoms with Crippen LogP contribution in [0.1, 0.15) is 10.6 Å². The fraction of sp³-hybridized carbons (Fsp3) is 0.0769. The third kappa shape index (κ3) is 2.04. The van der Waals surface area contributed by atoms with Crippen LogP contribution >= 0.6 is 15.9 Å². The Bertz CT molecular complexity index is 760. The molecule has 0 bridgehead atoms. The second-order valence-electron chi connectivity index (χ2n) is 3.89. The number of fused-ring (bicyclic) bond motifs is 1. The van der Waals surface area contributed by atoms with E-state index in [-0.39, 0.29) is 5.76 Å². The van der Waals surface area contributed by atoms with Crippen molar-refractivity contribution >= 4 is 27.4 Å². The van der Waals surface area contributed by atoms with Crippen molar-refractivity contribution in [3.05, 3.63) is 46.9 Å². The Morgan fingerprint density at radius 3 is 3.05 bits per heavy atom. The van der Waals surface area contributed by atoms with Gasteiger partial charge in [0.15, 0.2) is 0 Å². The maximum absolute atomic E-state index is 11.3. The van der Waals surface area contributed by atoms with Crippen LogP contribution in [-0.4, -0.2) is 22.7 Å². The summed E-state index contributed by atoms with van der Waals surface area (Å²) in [6, 6.07) is 7.13. The predicted molar refractivity (Wildman–Crippen MR) is 71.9 cm³/mol. The zero-order valence-corrected chi connectivity index (χ0v) is 11.5. The number of furan rings is 1. The minimum atomic E-state index is -0.488. The van der Waals surface area contributed by atoms with Crippen molar-refractivity contribution in [2.45, 2.75) is 0 Å². The van der Waals surface area contributed by atoms with Gasteiger partial charge in [0, 0.05) is 11.8 Å². The molecule has 96 valence electrons. The summed E-state index contributed by atoms with van der Waals surface area (Å²) in [4.78, 5) is 11.3. The summed E-state index contributed by atoms with van der Waals surface area (Å²) >= 11 is 3.43. The third-order valence-corrected chi connectivity index (χ3v) is 3.36. The fourth-order valence-electron chi connectivity index (χ4n) is 1.81. The summed E-state index contributed by atoms with van der Waals surface area (Å²) in [7, 11) is 1.32. The van der Waals surface area contributed by atoms with Crippen molar-refractivity contribution in [3.63, 3.8) is 0 Å². The first-order valence-electron chi connectivity index (χ1n) is 5.50. The van der Waals surface area contributed by atoms with Crippen LogP contribution in [0.25, 0.3) is 16.8 Å². The molecule has 0 unspecified atom stereocenters. The highest BCUT2D eigenvalue weighted by atomic mass is 79.9. The van der Waals surface area contributed by atoms with Crippen LogP contribution in [-0.2, 0) is 4.74 Å². The van der Waals surface area contributed by atoms with Gasteiger partial charge in [0.2, 0.25) is 5.76 Å². The van der Waals surface area contributed by atoms with E-state index in [0.29, 0.717) is 5.76 Å². The van der Waals surface area contributed by atoms with E-state index in [1.54, 1.807) is 22.8 Å². The van der Waals surface area contributed by atoms with E-state index < -0.39 is 5.97 Å². The first-order chi connectivity index (χ1) is 9.19. The monoisotopic (exact) mass is 320 g/mol. The summed E-state index contributed by atoms with van der Waals surface area (Å²) < 4.78 is 12.7. The molecule has 0 atom stereocenters. The van der Waals surface area contributed by atoms with E-state index in [0.717, 1.165) is 15.6 Å². The normalized spacial score (nSPS) is 10.8. The van der Waals surface area contributed by atoms with Gasteiger partial charge in [-0.15, -0.1) is 0 Å². The number of ether oxygens (including phenoxy) is 1. The van der Waals surface area contributed by atoms with E-state index in [4.69, 9.17) is 4.42 Å². The molecule has 3 rings (SSSR count). The predicted octanol–water partition coefficient (Wildman–Crippen LogP) is 3.14. The highest BCUT2D eigenvalue weighted by Gasteiger charge is 2.13. The van der Waals surface area contributed by atoms with Crippen LogP contribution < -0.4 is 0 Å². The van der Waals surface area contributed by atoms with Gasteiger partial charge < -0.3 is 9.15 Å². The fourth-order valence-corrected chi connectivity index (χ4v) is 2.20. The second kappa shape index (κ2) is 4.55. The minimum Gasteiger partial charge on any atom is -0.463 e. The van der Waals surface area contributed by atoms with Gasteiger partial charge in [-0.2, -0.15) is 5.10 Å². The zero-order chi connectivity index (χ0) is 13.4. The average Bonchev–Trinajstić information content (AvgIpc) is 3.05. The number of hydrogen-bond acceptors (Lipinski definition) is 4. The first-order valence-corrected chi connectivity index (χ1v) is 6.30. The number of rotatable bonds is 2. The molecule has 0 amide bonds. The number of methoxy groups -OCH3 is 1. The van der Waals surface area contributed by atoms with Gasteiger partial charge in [0.05, 0.1) is 23.3 Å². The van der Waals surface area contributed by atoms with Crippen LogP contribution in [0, 0.1) is 0 Å². The van der Waals surface area contributed by atoms with Crippen LogP contribution in [0.4, 0.5) is 0 Å². The summed E-state index contributed by atoms with van der Waals surface area (Å²) in [5.41, 5.74) is 1.79. The highest BCUT2D eigenvalue weighted by molar-refractivity contribution is 9.10. The van der Waals surface area contributed by atoms with Gasteiger partial charge in [-0.05, 0) is 40.2 Å². The molecule has 0 aliphatic carbocycles. The molecule has 3 heterocycles. The largest absolute Gasteiger partial charge is 0.463 e. The van der Waals surface area contributed by atoms with Gasteiger partial charge in [-0.1, -0.05) is 0 Å². The van der Waals surface area contributed by atoms with Gasteiger partial charge in [-0.3, -0.25) is 0 Å². The smallest absolute Gasteiger partial charge is 0.373 e. The zero-order valence-electron chi connectivity index (χ0n) is 9.96. The van der Waals surface area contributed by atoms with E-state index in [1.165, 1.54) is 7.11 Å². The molecular formula is C13H9BrN2O3. The van der Waals surface area contributed by atoms with Crippen molar-refractivity contribution in [3.8, 4) is 11.3 Å². The lowest BCUT2D eigenvalue weighted by Crippen LogP contribution is -1.98. The van der Waals surface area contributed by atoms with Crippen molar-refractivity contribution in [1.29, 1.82) is 0 Å². The van der Waals surface area contributed by atoms with Crippen molar-refractivity contribution < 1.29 is 13.9 Å². The van der Waals surface area contributed by atoms with Crippen molar-refractivity contribution in [1.82, 2.24) is 9.61 Å². The molecule has 0 radical (unpaired) electrons. The van der Waals surface area contributed by atoms with Crippen LogP contribution in [0.5, 0.6) is 0 Å². The lowest BCUT2D eigenvalue weighted by Gasteiger charge is -1.99. The Kier molecular flexibility index (Phi) is 2.87. The molecule has 0 aliphatic rings. The molecule has 19 heavy (non-hydrogen) atoms. The number of nitrogens with zero attached hydrogens (tertiary/aromatic N) is 2. The number of carbonyl (C=O) groups is 1. The van der Waals surface area contributed by atoms with E-state index in [2.05, 4.69) is 25.8 Å². The maximum Gasteiger partial charge on any atom is 0.373 e. The standard InChI is InChI=1S/C13H9BrN2O3/c1-18-13(17)12-3-2-11(19-12)8-4-5-16-10(6-8)9(14)7-15-16/h2-7H,1H3. The Labute approximate surface area is 116 Å². The molecular weight excluding hydrogens is 312 g/mol. The Morgan fingerprint density at radius 2 is 2.26 bits per heavy atom. The van der Waals surface area contributed by atoms with E-state index in [1.807, 2.05) is 18.3 Å². The molecule has 0 aromatic carbocycles. The molecule has 0 N–H and O–H groups in total. The van der Waals surface area contributed by atoms with Crippen molar-refractivity contribution in [2.75, 3.05) is 7.11 Å². The van der Waals surface area contributed by atoms with E-state index in [9.17, 15) is 4.79 Å². The molecule has 0 aliphatic heterocycles. The number of esters is 1. The molecule has 6 heteroatoms. The van der Waals surface area contributed by atoms with E-state index >= 15 is 0 Å². The number of halogens is 1. The topological polar surface area (TPSA) is 56.7 Å². The Balaban J connectivity index is 2.06. The number of carbonyl (C=O) groups excluding carboxylic acids is 1. The molecule has 0 saturated heterocycles. The number of pyridine rings is 1. The SMILES string of the molecule is COC(=O)c1ccc(-c2ccn3ncc(Br)c3c2)o1. The second-order valence-corrected chi connectivity index (χ2v) is 4.75. The summed E-state index contributed by atoms with van der Waals surface area (Å²) in [5.74, 6) is 0.304. The molecule has 3 aromatic heterocycles. The average molecular weight is 321 g/mol. The number of hydrogen-bond donors (Lipinski definition) is 0. The molecule has 0 spiro atoms. The number of aromatic nitrogens is 2. The summed E-state index contributed by atoms with van der Waals surface area (Å²) in [6.45, 7) is 0. The molecule has 0 saturated carbocycles. The Morgan fingerprint density at radius 1 is 1.42 bits per heavy atom. The van der Waals surface area contributed by atoms with Crippen LogP contribution in [0.15, 0.2) is 45.5 Å². The quantitative estimate of drug-likeness (QED) is 0.681. The van der Waals surface area contributed by atoms with Crippen LogP contribution in [0.3, 0.4) is 0 Å². The van der Waals surface area contributed by atoms with Gasteiger partial charge in [-0.25, -0.2) is 9.31 Å². The molecule has 5 nitrogen and oxygen atoms in total. The summed E-state index contributed by atoms with van der Waals surface area (Å²) in [5, 5.41) is 4.16.